The van der Waals surface area contributed by atoms with Gasteiger partial charge in [0.15, 0.2) is 5.78 Å². The van der Waals surface area contributed by atoms with Gasteiger partial charge < -0.3 is 0 Å². The molecule has 5 nitrogen and oxygen atoms in total. The first kappa shape index (κ1) is 14.7. The number of carbonyl (C=O) groups excluding carboxylic acids is 1. The first-order chi connectivity index (χ1) is 10.1. The number of tetrazole rings is 1. The average molecular weight is 322 g/mol. The molecule has 1 fully saturated rings. The first-order valence-corrected chi connectivity index (χ1v) is 8.96. The highest BCUT2D eigenvalue weighted by atomic mass is 32.2. The highest BCUT2D eigenvalue weighted by molar-refractivity contribution is 7.99. The van der Waals surface area contributed by atoms with Gasteiger partial charge >= 0.3 is 0 Å². The van der Waals surface area contributed by atoms with Crippen LogP contribution in [0.25, 0.3) is 0 Å². The quantitative estimate of drug-likeness (QED) is 0.623. The fraction of sp³-hybridized carbons (Fsp3) is 0.571. The number of thioether (sulfide) groups is 1. The van der Waals surface area contributed by atoms with Gasteiger partial charge in [0.1, 0.15) is 0 Å². The molecule has 0 bridgehead atoms. The van der Waals surface area contributed by atoms with Crippen LogP contribution in [0.3, 0.4) is 0 Å². The Morgan fingerprint density at radius 1 is 1.43 bits per heavy atom. The standard InChI is InChI=1S/C14H18N4OS2/c1-9-7-12(10(2)21-9)13(19)8-20-14-15-16-17-18(14)11-5-3-4-6-11/h7,11H,3-6,8H2,1-2H3. The molecule has 0 radical (unpaired) electrons. The Balaban J connectivity index is 1.66. The van der Waals surface area contributed by atoms with Crippen LogP contribution in [0.15, 0.2) is 11.2 Å². The molecule has 3 rings (SSSR count). The molecule has 7 heteroatoms. The molecule has 0 saturated heterocycles. The van der Waals surface area contributed by atoms with Crippen molar-refractivity contribution in [2.45, 2.75) is 50.7 Å². The van der Waals surface area contributed by atoms with E-state index in [4.69, 9.17) is 0 Å². The smallest absolute Gasteiger partial charge is 0.210 e. The van der Waals surface area contributed by atoms with E-state index in [1.165, 1.54) is 29.5 Å². The van der Waals surface area contributed by atoms with E-state index in [2.05, 4.69) is 15.5 Å². The van der Waals surface area contributed by atoms with Gasteiger partial charge in [-0.1, -0.05) is 24.6 Å². The molecule has 0 aromatic carbocycles. The molecule has 112 valence electrons. The third kappa shape index (κ3) is 3.18. The normalized spacial score (nSPS) is 15.7. The molecule has 2 aromatic heterocycles. The monoisotopic (exact) mass is 322 g/mol. The average Bonchev–Trinajstić information content (AvgIpc) is 3.15. The summed E-state index contributed by atoms with van der Waals surface area (Å²) >= 11 is 3.11. The first-order valence-electron chi connectivity index (χ1n) is 7.16. The summed E-state index contributed by atoms with van der Waals surface area (Å²) in [4.78, 5) is 14.6. The van der Waals surface area contributed by atoms with E-state index in [1.54, 1.807) is 11.3 Å². The van der Waals surface area contributed by atoms with Gasteiger partial charge in [0.05, 0.1) is 11.8 Å². The minimum atomic E-state index is 0.155. The van der Waals surface area contributed by atoms with Gasteiger partial charge in [-0.2, -0.15) is 0 Å². The van der Waals surface area contributed by atoms with E-state index in [1.807, 2.05) is 24.6 Å². The summed E-state index contributed by atoms with van der Waals surface area (Å²) in [5, 5.41) is 12.7. The Kier molecular flexibility index (Phi) is 4.40. The van der Waals surface area contributed by atoms with Crippen molar-refractivity contribution in [2.75, 3.05) is 5.75 Å². The molecule has 0 amide bonds. The molecule has 2 aromatic rings. The fourth-order valence-electron chi connectivity index (χ4n) is 2.77. The number of carbonyl (C=O) groups is 1. The fourth-order valence-corrected chi connectivity index (χ4v) is 4.54. The highest BCUT2D eigenvalue weighted by Gasteiger charge is 2.22. The Hall–Kier alpha value is -1.21. The zero-order chi connectivity index (χ0) is 14.8. The lowest BCUT2D eigenvalue weighted by Gasteiger charge is -2.10. The van der Waals surface area contributed by atoms with Crippen molar-refractivity contribution in [2.24, 2.45) is 0 Å². The van der Waals surface area contributed by atoms with E-state index < -0.39 is 0 Å². The van der Waals surface area contributed by atoms with Crippen LogP contribution in [-0.2, 0) is 0 Å². The summed E-state index contributed by atoms with van der Waals surface area (Å²) < 4.78 is 1.90. The van der Waals surface area contributed by atoms with Gasteiger partial charge in [-0.05, 0) is 43.2 Å². The predicted octanol–water partition coefficient (Wildman–Crippen LogP) is 3.44. The second-order valence-electron chi connectivity index (χ2n) is 5.38. The summed E-state index contributed by atoms with van der Waals surface area (Å²) in [5.74, 6) is 0.548. The van der Waals surface area contributed by atoms with Crippen LogP contribution in [-0.4, -0.2) is 31.7 Å². The molecule has 0 N–H and O–H groups in total. The lowest BCUT2D eigenvalue weighted by atomic mass is 10.2. The maximum Gasteiger partial charge on any atom is 0.210 e. The number of aryl methyl sites for hydroxylation is 2. The van der Waals surface area contributed by atoms with Crippen molar-refractivity contribution < 1.29 is 4.79 Å². The van der Waals surface area contributed by atoms with Crippen molar-refractivity contribution in [3.05, 3.63) is 21.4 Å². The van der Waals surface area contributed by atoms with Crippen LogP contribution in [0.4, 0.5) is 0 Å². The van der Waals surface area contributed by atoms with Crippen LogP contribution < -0.4 is 0 Å². The van der Waals surface area contributed by atoms with Crippen molar-refractivity contribution in [1.29, 1.82) is 0 Å². The summed E-state index contributed by atoms with van der Waals surface area (Å²) in [6.07, 6.45) is 4.74. The van der Waals surface area contributed by atoms with Crippen molar-refractivity contribution in [1.82, 2.24) is 20.2 Å². The summed E-state index contributed by atoms with van der Waals surface area (Å²) in [5.41, 5.74) is 0.838. The maximum atomic E-state index is 12.3. The summed E-state index contributed by atoms with van der Waals surface area (Å²) in [6.45, 7) is 4.03. The van der Waals surface area contributed by atoms with Crippen LogP contribution in [0, 0.1) is 13.8 Å². The van der Waals surface area contributed by atoms with Crippen molar-refractivity contribution >= 4 is 28.9 Å². The van der Waals surface area contributed by atoms with E-state index in [0.717, 1.165) is 28.4 Å². The number of nitrogens with zero attached hydrogens (tertiary/aromatic N) is 4. The van der Waals surface area contributed by atoms with Crippen LogP contribution >= 0.6 is 23.1 Å². The van der Waals surface area contributed by atoms with Gasteiger partial charge in [-0.3, -0.25) is 4.79 Å². The zero-order valence-electron chi connectivity index (χ0n) is 12.2. The molecule has 0 spiro atoms. The second kappa shape index (κ2) is 6.27. The molecule has 0 atom stereocenters. The highest BCUT2D eigenvalue weighted by Crippen LogP contribution is 2.31. The van der Waals surface area contributed by atoms with E-state index in [0.29, 0.717) is 11.8 Å². The van der Waals surface area contributed by atoms with E-state index in [9.17, 15) is 4.79 Å². The topological polar surface area (TPSA) is 60.7 Å². The van der Waals surface area contributed by atoms with Crippen LogP contribution in [0.2, 0.25) is 0 Å². The zero-order valence-corrected chi connectivity index (χ0v) is 13.8. The van der Waals surface area contributed by atoms with Crippen LogP contribution in [0.5, 0.6) is 0 Å². The molecular formula is C14H18N4OS2. The minimum absolute atomic E-state index is 0.155. The molecule has 21 heavy (non-hydrogen) atoms. The van der Waals surface area contributed by atoms with Gasteiger partial charge in [0.25, 0.3) is 0 Å². The number of Topliss-reactive ketones (excluding diaryl/α,β-unsaturated/α-hetero) is 1. The SMILES string of the molecule is Cc1cc(C(=O)CSc2nnnn2C2CCCC2)c(C)s1. The van der Waals surface area contributed by atoms with E-state index in [-0.39, 0.29) is 5.78 Å². The van der Waals surface area contributed by atoms with Gasteiger partial charge in [0.2, 0.25) is 5.16 Å². The van der Waals surface area contributed by atoms with E-state index >= 15 is 0 Å². The molecule has 1 aliphatic carbocycles. The number of rotatable bonds is 5. The largest absolute Gasteiger partial charge is 0.293 e. The Morgan fingerprint density at radius 3 is 2.86 bits per heavy atom. The third-order valence-corrected chi connectivity index (χ3v) is 5.71. The number of thiophene rings is 1. The number of hydrogen-bond donors (Lipinski definition) is 0. The summed E-state index contributed by atoms with van der Waals surface area (Å²) in [6, 6.07) is 2.38. The Bertz CT molecular complexity index is 643. The Morgan fingerprint density at radius 2 is 2.19 bits per heavy atom. The number of ketones is 1. The third-order valence-electron chi connectivity index (χ3n) is 3.81. The summed E-state index contributed by atoms with van der Waals surface area (Å²) in [7, 11) is 0. The maximum absolute atomic E-state index is 12.3. The van der Waals surface area contributed by atoms with Crippen molar-refractivity contribution in [3.8, 4) is 0 Å². The second-order valence-corrected chi connectivity index (χ2v) is 7.79. The van der Waals surface area contributed by atoms with Gasteiger partial charge in [0, 0.05) is 15.3 Å². The number of hydrogen-bond acceptors (Lipinski definition) is 6. The number of aromatic nitrogens is 4. The minimum Gasteiger partial charge on any atom is -0.293 e. The molecule has 0 aliphatic heterocycles. The molecule has 1 saturated carbocycles. The molecular weight excluding hydrogens is 304 g/mol. The Labute approximate surface area is 132 Å². The predicted molar refractivity (Wildman–Crippen MR) is 84.2 cm³/mol. The van der Waals surface area contributed by atoms with Gasteiger partial charge in [-0.25, -0.2) is 4.68 Å². The molecule has 1 aliphatic rings. The van der Waals surface area contributed by atoms with Crippen molar-refractivity contribution in [3.63, 3.8) is 0 Å². The lowest BCUT2D eigenvalue weighted by Crippen LogP contribution is -2.10. The van der Waals surface area contributed by atoms with Crippen LogP contribution in [0.1, 0.15) is 51.8 Å². The molecule has 2 heterocycles. The van der Waals surface area contributed by atoms with Gasteiger partial charge in [-0.15, -0.1) is 16.4 Å². The molecule has 0 unspecified atom stereocenters. The lowest BCUT2D eigenvalue weighted by molar-refractivity contribution is 0.102.